The van der Waals surface area contributed by atoms with Crippen molar-refractivity contribution in [2.24, 2.45) is 5.11 Å². The summed E-state index contributed by atoms with van der Waals surface area (Å²) in [5.74, 6) is -5.73. The number of ether oxygens (including phenoxy) is 6. The van der Waals surface area contributed by atoms with Crippen LogP contribution < -0.4 is 5.32 Å². The zero-order chi connectivity index (χ0) is 43.0. The van der Waals surface area contributed by atoms with Crippen molar-refractivity contribution in [3.8, 4) is 0 Å². The number of nitrogens with one attached hydrogen (secondary N) is 1. The fourth-order valence-corrected chi connectivity index (χ4v) is 7.23. The number of carboxylic acid groups (broad SMARTS) is 1. The van der Waals surface area contributed by atoms with E-state index in [0.717, 1.165) is 64.7 Å². The van der Waals surface area contributed by atoms with E-state index < -0.39 is 136 Å². The van der Waals surface area contributed by atoms with Gasteiger partial charge >= 0.3 is 5.97 Å². The molecule has 16 atom stereocenters. The average Bonchev–Trinajstić information content (AvgIpc) is 3.19. The molecule has 58 heavy (non-hydrogen) atoms. The predicted octanol–water partition coefficient (Wildman–Crippen LogP) is -2.99. The zero-order valence-corrected chi connectivity index (χ0v) is 32.5. The summed E-state index contributed by atoms with van der Waals surface area (Å²) in [5.41, 5.74) is 8.30. The Morgan fingerprint density at radius 1 is 0.828 bits per heavy atom. The molecule has 23 heteroatoms. The number of carboxylic acids is 1. The molecule has 0 saturated carbocycles. The van der Waals surface area contributed by atoms with Crippen molar-refractivity contribution in [1.29, 1.82) is 0 Å². The molecule has 3 rings (SSSR count). The highest BCUT2D eigenvalue weighted by molar-refractivity contribution is 5.76. The molecule has 3 heterocycles. The first-order chi connectivity index (χ1) is 27.7. The van der Waals surface area contributed by atoms with Crippen LogP contribution in [0.5, 0.6) is 0 Å². The maximum absolute atomic E-state index is 12.8. The van der Waals surface area contributed by atoms with Crippen LogP contribution >= 0.6 is 0 Å². The minimum Gasteiger partial charge on any atom is -0.477 e. The lowest BCUT2D eigenvalue weighted by Crippen LogP contribution is -2.70. The molecule has 3 fully saturated rings. The molecule has 3 aliphatic rings. The van der Waals surface area contributed by atoms with Gasteiger partial charge in [0.1, 0.15) is 67.1 Å². The number of hydrogen-bond acceptors (Lipinski definition) is 19. The van der Waals surface area contributed by atoms with Gasteiger partial charge in [-0.1, -0.05) is 56.5 Å². The van der Waals surface area contributed by atoms with Crippen LogP contribution in [0.2, 0.25) is 0 Å². The van der Waals surface area contributed by atoms with Crippen molar-refractivity contribution in [3.63, 3.8) is 0 Å². The van der Waals surface area contributed by atoms with Crippen molar-refractivity contribution in [2.45, 2.75) is 175 Å². The van der Waals surface area contributed by atoms with E-state index in [1.54, 1.807) is 0 Å². The fraction of sp³-hybridized carbons (Fsp3) is 0.943. The summed E-state index contributed by atoms with van der Waals surface area (Å²) in [6.07, 6.45) is -17.0. The summed E-state index contributed by atoms with van der Waals surface area (Å²) in [4.78, 5) is 27.4. The number of aliphatic carboxylic acids is 1. The Morgan fingerprint density at radius 3 is 1.97 bits per heavy atom. The van der Waals surface area contributed by atoms with Gasteiger partial charge in [0.15, 0.2) is 12.6 Å². The monoisotopic (exact) mass is 842 g/mol. The van der Waals surface area contributed by atoms with Gasteiger partial charge in [-0.15, -0.1) is 0 Å². The number of amides is 1. The molecular weight excluding hydrogens is 780 g/mol. The van der Waals surface area contributed by atoms with E-state index >= 15 is 0 Å². The van der Waals surface area contributed by atoms with Crippen molar-refractivity contribution in [1.82, 2.24) is 5.32 Å². The van der Waals surface area contributed by atoms with E-state index in [-0.39, 0.29) is 6.61 Å². The molecule has 23 nitrogen and oxygen atoms in total. The second-order valence-electron chi connectivity index (χ2n) is 14.8. The second kappa shape index (κ2) is 24.8. The molecule has 0 bridgehead atoms. The highest BCUT2D eigenvalue weighted by Gasteiger charge is 2.60. The van der Waals surface area contributed by atoms with Crippen LogP contribution in [-0.4, -0.2) is 199 Å². The second-order valence-corrected chi connectivity index (χ2v) is 14.8. The number of carbonyl (C=O) groups excluding carboxylic acids is 1. The quantitative estimate of drug-likeness (QED) is 0.0189. The Balaban J connectivity index is 1.63. The standard InChI is InChI=1S/C35H62N4O19/c1-18(43)38-23-19(44)14-35(34(51)52,57-30(23)24(46)20(45)15-40)58-31-25(47)21(16-41)54-33(28(31)50)56-29-22(17-42)55-32(27(49)26(29)48)53-13-11-9-7-5-3-2-4-6-8-10-12-37-39-36/h19-33,40-42,44-50H,2-17H2,1H3,(H,38,43)(H,51,52)/t19-,20+,21+,22+,23+,24+,25-,26+,27+,28+,29+,30+,31-,32+,33-,35-/m0/s1. The lowest BCUT2D eigenvalue weighted by Gasteiger charge is -2.50. The highest BCUT2D eigenvalue weighted by atomic mass is 16.8. The first-order valence-electron chi connectivity index (χ1n) is 19.7. The van der Waals surface area contributed by atoms with Crippen LogP contribution in [0.4, 0.5) is 0 Å². The third-order valence-corrected chi connectivity index (χ3v) is 10.4. The van der Waals surface area contributed by atoms with E-state index in [2.05, 4.69) is 15.3 Å². The first-order valence-corrected chi connectivity index (χ1v) is 19.7. The SMILES string of the molecule is CC(=O)N[C@H]1[C@H]([C@H](O)[C@H](O)CO)O[C@@](O[C@H]2[C@@H](O)[C@@H](CO)O[C@@H](O[C@H]3[C@H](O)[C@@H](O)[C@H](OCCCCCCCCCCCCN=[N+]=[N-])O[C@@H]3CO)[C@@H]2O)(C(=O)O)C[C@@H]1O. The number of carbonyl (C=O) groups is 2. The smallest absolute Gasteiger partial charge is 0.364 e. The molecule has 0 radical (unpaired) electrons. The Kier molecular flexibility index (Phi) is 21.3. The van der Waals surface area contributed by atoms with Gasteiger partial charge in [0, 0.05) is 31.4 Å². The van der Waals surface area contributed by atoms with E-state index in [1.165, 1.54) is 0 Å². The van der Waals surface area contributed by atoms with Crippen LogP contribution in [-0.2, 0) is 38.0 Å². The van der Waals surface area contributed by atoms with Crippen molar-refractivity contribution in [3.05, 3.63) is 10.4 Å². The number of azide groups is 1. The van der Waals surface area contributed by atoms with E-state index in [0.29, 0.717) is 13.0 Å². The van der Waals surface area contributed by atoms with Gasteiger partial charge in [-0.05, 0) is 18.4 Å². The van der Waals surface area contributed by atoms with Crippen LogP contribution in [0.3, 0.4) is 0 Å². The van der Waals surface area contributed by atoms with E-state index in [4.69, 9.17) is 34.0 Å². The Labute approximate surface area is 335 Å². The number of aliphatic hydroxyl groups is 10. The van der Waals surface area contributed by atoms with Gasteiger partial charge in [-0.3, -0.25) is 4.79 Å². The maximum atomic E-state index is 12.8. The van der Waals surface area contributed by atoms with E-state index in [1.807, 2.05) is 0 Å². The molecule has 0 aromatic rings. The molecule has 336 valence electrons. The van der Waals surface area contributed by atoms with Crippen molar-refractivity contribution < 1.29 is 94.2 Å². The number of aliphatic hydroxyl groups excluding tert-OH is 10. The molecule has 0 aromatic heterocycles. The minimum atomic E-state index is -3.03. The zero-order valence-electron chi connectivity index (χ0n) is 32.5. The molecule has 0 unspecified atom stereocenters. The maximum Gasteiger partial charge on any atom is 0.364 e. The summed E-state index contributed by atoms with van der Waals surface area (Å²) in [6, 6.07) is -1.54. The molecule has 0 aliphatic carbocycles. The number of rotatable bonds is 25. The van der Waals surface area contributed by atoms with Gasteiger partial charge in [0.25, 0.3) is 5.79 Å². The fourth-order valence-electron chi connectivity index (χ4n) is 7.23. The molecule has 1 amide bonds. The minimum absolute atomic E-state index is 0.160. The number of unbranched alkanes of at least 4 members (excludes halogenated alkanes) is 9. The largest absolute Gasteiger partial charge is 0.477 e. The summed E-state index contributed by atoms with van der Waals surface area (Å²) in [7, 11) is 0. The number of nitrogens with zero attached hydrogens (tertiary/aromatic N) is 3. The van der Waals surface area contributed by atoms with Gasteiger partial charge in [-0.2, -0.15) is 0 Å². The van der Waals surface area contributed by atoms with Gasteiger partial charge in [0.2, 0.25) is 5.91 Å². The normalized spacial score (nSPS) is 36.4. The van der Waals surface area contributed by atoms with Crippen LogP contribution in [0, 0.1) is 0 Å². The average molecular weight is 843 g/mol. The third kappa shape index (κ3) is 13.6. The van der Waals surface area contributed by atoms with Gasteiger partial charge in [0.05, 0.1) is 32.0 Å². The Bertz CT molecular complexity index is 1280. The molecule has 3 saturated heterocycles. The Morgan fingerprint density at radius 2 is 1.41 bits per heavy atom. The first kappa shape index (κ1) is 50.0. The summed E-state index contributed by atoms with van der Waals surface area (Å²) >= 11 is 0. The predicted molar refractivity (Wildman–Crippen MR) is 194 cm³/mol. The molecular formula is C35H62N4O19. The number of hydrogen-bond donors (Lipinski definition) is 12. The molecule has 0 spiro atoms. The highest BCUT2D eigenvalue weighted by Crippen LogP contribution is 2.38. The van der Waals surface area contributed by atoms with Crippen LogP contribution in [0.1, 0.15) is 77.6 Å². The molecule has 0 aromatic carbocycles. The molecule has 3 aliphatic heterocycles. The topological polar surface area (TPSA) is 373 Å². The van der Waals surface area contributed by atoms with Crippen LogP contribution in [0.25, 0.3) is 10.4 Å². The van der Waals surface area contributed by atoms with Crippen molar-refractivity contribution in [2.75, 3.05) is 33.0 Å². The van der Waals surface area contributed by atoms with Gasteiger partial charge < -0.3 is 89.9 Å². The third-order valence-electron chi connectivity index (χ3n) is 10.4. The lowest BCUT2D eigenvalue weighted by atomic mass is 9.88. The summed E-state index contributed by atoms with van der Waals surface area (Å²) in [6.45, 7) is -1.06. The Hall–Kier alpha value is -2.39. The molecule has 12 N–H and O–H groups in total. The van der Waals surface area contributed by atoms with Crippen molar-refractivity contribution >= 4 is 11.9 Å². The van der Waals surface area contributed by atoms with E-state index in [9.17, 15) is 65.8 Å². The van der Waals surface area contributed by atoms with Gasteiger partial charge in [-0.25, -0.2) is 4.79 Å². The summed E-state index contributed by atoms with van der Waals surface area (Å²) in [5, 5.41) is 122. The lowest BCUT2D eigenvalue weighted by molar-refractivity contribution is -0.386. The van der Waals surface area contributed by atoms with Crippen LogP contribution in [0.15, 0.2) is 5.11 Å². The summed E-state index contributed by atoms with van der Waals surface area (Å²) < 4.78 is 33.9.